The number of hydrogen-bond acceptors (Lipinski definition) is 8. The van der Waals surface area contributed by atoms with Crippen LogP contribution in [0.2, 0.25) is 0 Å². The fourth-order valence-corrected chi connectivity index (χ4v) is 4.09. The quantitative estimate of drug-likeness (QED) is 0.766. The molecule has 0 aliphatic carbocycles. The summed E-state index contributed by atoms with van der Waals surface area (Å²) in [5, 5.41) is 6.80. The van der Waals surface area contributed by atoms with Gasteiger partial charge in [0.05, 0.1) is 0 Å². The van der Waals surface area contributed by atoms with Gasteiger partial charge in [0.25, 0.3) is 5.89 Å². The van der Waals surface area contributed by atoms with Crippen molar-refractivity contribution in [2.24, 2.45) is 0 Å². The highest BCUT2D eigenvalue weighted by Crippen LogP contribution is 2.35. The molecule has 1 amide bonds. The Morgan fingerprint density at radius 3 is 2.63 bits per heavy atom. The smallest absolute Gasteiger partial charge is 0.336 e. The molecule has 3 heterocycles. The van der Waals surface area contributed by atoms with Crippen molar-refractivity contribution in [1.82, 2.24) is 15.1 Å². The zero-order valence-corrected chi connectivity index (χ0v) is 15.4. The Hall–Kier alpha value is -2.62. The van der Waals surface area contributed by atoms with Gasteiger partial charge in [-0.2, -0.15) is 0 Å². The van der Waals surface area contributed by atoms with Crippen LogP contribution in [0.4, 0.5) is 0 Å². The summed E-state index contributed by atoms with van der Waals surface area (Å²) in [5.74, 6) is -0.0292. The number of para-hydroxylation sites is 2. The molecule has 0 spiro atoms. The second kappa shape index (κ2) is 7.18. The molecule has 0 bridgehead atoms. The van der Waals surface area contributed by atoms with Crippen LogP contribution in [-0.2, 0) is 14.6 Å². The highest BCUT2D eigenvalue weighted by atomic mass is 32.2. The van der Waals surface area contributed by atoms with Gasteiger partial charge in [-0.25, -0.2) is 8.42 Å². The lowest BCUT2D eigenvalue weighted by Gasteiger charge is -2.26. The molecule has 1 unspecified atom stereocenters. The fourth-order valence-electron chi connectivity index (χ4n) is 3.08. The predicted octanol–water partition coefficient (Wildman–Crippen LogP) is 1.37. The van der Waals surface area contributed by atoms with E-state index >= 15 is 0 Å². The minimum Gasteiger partial charge on any atom is -0.485 e. The average Bonchev–Trinajstić information content (AvgIpc) is 3.19. The van der Waals surface area contributed by atoms with Gasteiger partial charge in [-0.1, -0.05) is 17.2 Å². The first-order valence-electron chi connectivity index (χ1n) is 8.75. The molecule has 1 saturated heterocycles. The topological polar surface area (TPSA) is 112 Å². The predicted molar refractivity (Wildman–Crippen MR) is 92.1 cm³/mol. The van der Waals surface area contributed by atoms with Crippen molar-refractivity contribution in [3.8, 4) is 11.5 Å². The van der Waals surface area contributed by atoms with Crippen LogP contribution in [0, 0.1) is 0 Å². The molecular weight excluding hydrogens is 374 g/mol. The van der Waals surface area contributed by atoms with Gasteiger partial charge in [0.15, 0.2) is 11.5 Å². The summed E-state index contributed by atoms with van der Waals surface area (Å²) in [7, 11) is -4.02. The highest BCUT2D eigenvalue weighted by Gasteiger charge is 2.32. The molecule has 0 N–H and O–H groups in total. The van der Waals surface area contributed by atoms with E-state index in [4.69, 9.17) is 13.9 Å². The van der Waals surface area contributed by atoms with E-state index in [0.29, 0.717) is 24.6 Å². The van der Waals surface area contributed by atoms with Crippen molar-refractivity contribution in [2.75, 3.05) is 25.4 Å². The molecule has 1 aromatic heterocycles. The molecule has 4 rings (SSSR count). The second-order valence-electron chi connectivity index (χ2n) is 6.47. The van der Waals surface area contributed by atoms with Crippen LogP contribution in [-0.4, -0.2) is 54.9 Å². The maximum Gasteiger partial charge on any atom is 0.336 e. The Labute approximate surface area is 156 Å². The van der Waals surface area contributed by atoms with Gasteiger partial charge < -0.3 is 18.8 Å². The van der Waals surface area contributed by atoms with E-state index in [1.807, 2.05) is 6.07 Å². The first-order valence-corrected chi connectivity index (χ1v) is 10.4. The van der Waals surface area contributed by atoms with Crippen LogP contribution in [0.15, 0.2) is 33.9 Å². The van der Waals surface area contributed by atoms with Crippen molar-refractivity contribution in [1.29, 1.82) is 0 Å². The summed E-state index contributed by atoms with van der Waals surface area (Å²) < 4.78 is 41.5. The summed E-state index contributed by atoms with van der Waals surface area (Å²) in [6.07, 6.45) is 2.11. The summed E-state index contributed by atoms with van der Waals surface area (Å²) >= 11 is 0. The maximum atomic E-state index is 12.5. The van der Waals surface area contributed by atoms with Gasteiger partial charge in [0.2, 0.25) is 21.8 Å². The number of likely N-dealkylation sites (tertiary alicyclic amines) is 1. The number of fused-ring (bicyclic) bond motifs is 1. The van der Waals surface area contributed by atoms with E-state index in [1.165, 1.54) is 0 Å². The van der Waals surface area contributed by atoms with E-state index in [9.17, 15) is 13.2 Å². The van der Waals surface area contributed by atoms with E-state index in [1.54, 1.807) is 23.1 Å². The number of hydrogen-bond donors (Lipinski definition) is 0. The molecule has 2 aliphatic heterocycles. The number of benzene rings is 1. The van der Waals surface area contributed by atoms with Gasteiger partial charge in [-0.15, -0.1) is 5.10 Å². The summed E-state index contributed by atoms with van der Waals surface area (Å²) in [6, 6.07) is 7.11. The molecule has 2 aromatic rings. The largest absolute Gasteiger partial charge is 0.485 e. The average molecular weight is 393 g/mol. The molecule has 2 aliphatic rings. The lowest BCUT2D eigenvalue weighted by atomic mass is 10.1. The van der Waals surface area contributed by atoms with Gasteiger partial charge in [-0.05, 0) is 31.4 Å². The number of rotatable bonds is 4. The van der Waals surface area contributed by atoms with E-state index in [0.717, 1.165) is 19.3 Å². The van der Waals surface area contributed by atoms with Crippen LogP contribution in [0.25, 0.3) is 0 Å². The van der Waals surface area contributed by atoms with Crippen LogP contribution in [0.1, 0.15) is 31.3 Å². The molecule has 10 heteroatoms. The number of ether oxygens (including phenoxy) is 2. The molecule has 9 nitrogen and oxygen atoms in total. The highest BCUT2D eigenvalue weighted by molar-refractivity contribution is 7.91. The van der Waals surface area contributed by atoms with Crippen LogP contribution < -0.4 is 9.47 Å². The first kappa shape index (κ1) is 17.8. The normalized spacial score (nSPS) is 19.7. The zero-order valence-electron chi connectivity index (χ0n) is 14.5. The number of sulfone groups is 1. The molecule has 0 saturated carbocycles. The molecule has 1 atom stereocenters. The first-order chi connectivity index (χ1) is 13.0. The van der Waals surface area contributed by atoms with Crippen molar-refractivity contribution < 1.29 is 27.1 Å². The standard InChI is InChI=1S/C17H19N3O6S/c21-15(20-8-4-1-5-9-20)11-27(22,23)17-19-18-16(26-17)14-10-24-12-6-2-3-7-13(12)25-14/h2-3,6-7,14H,1,4-5,8-11H2. The van der Waals surface area contributed by atoms with Gasteiger partial charge in [-0.3, -0.25) is 4.79 Å². The zero-order chi connectivity index (χ0) is 18.9. The number of carbonyl (C=O) groups excluding carboxylic acids is 1. The molecule has 144 valence electrons. The lowest BCUT2D eigenvalue weighted by molar-refractivity contribution is -0.129. The van der Waals surface area contributed by atoms with E-state index in [2.05, 4.69) is 10.2 Å². The summed E-state index contributed by atoms with van der Waals surface area (Å²) in [4.78, 5) is 13.8. The number of amides is 1. The third-order valence-electron chi connectivity index (χ3n) is 4.49. The monoisotopic (exact) mass is 393 g/mol. The Balaban J connectivity index is 1.46. The molecular formula is C17H19N3O6S. The van der Waals surface area contributed by atoms with Gasteiger partial charge in [0.1, 0.15) is 12.4 Å². The molecule has 27 heavy (non-hydrogen) atoms. The number of piperidine rings is 1. The molecule has 0 radical (unpaired) electrons. The minimum atomic E-state index is -4.02. The fraction of sp³-hybridized carbons (Fsp3) is 0.471. The number of nitrogens with zero attached hydrogens (tertiary/aromatic N) is 3. The second-order valence-corrected chi connectivity index (χ2v) is 8.34. The molecule has 1 aromatic carbocycles. The lowest BCUT2D eigenvalue weighted by Crippen LogP contribution is -2.39. The Kier molecular flexibility index (Phi) is 4.73. The summed E-state index contributed by atoms with van der Waals surface area (Å²) in [5.41, 5.74) is 0. The van der Waals surface area contributed by atoms with Crippen LogP contribution in [0.3, 0.4) is 0 Å². The Morgan fingerprint density at radius 1 is 1.11 bits per heavy atom. The Morgan fingerprint density at radius 2 is 1.85 bits per heavy atom. The summed E-state index contributed by atoms with van der Waals surface area (Å²) in [6.45, 7) is 1.28. The third kappa shape index (κ3) is 3.75. The third-order valence-corrected chi connectivity index (χ3v) is 5.82. The van der Waals surface area contributed by atoms with Crippen LogP contribution in [0.5, 0.6) is 11.5 Å². The SMILES string of the molecule is O=C(CS(=O)(=O)c1nnc(C2COc3ccccc3O2)o1)N1CCCCC1. The van der Waals surface area contributed by atoms with Crippen molar-refractivity contribution in [3.05, 3.63) is 30.2 Å². The van der Waals surface area contributed by atoms with Crippen molar-refractivity contribution in [3.63, 3.8) is 0 Å². The Bertz CT molecular complexity index is 936. The van der Waals surface area contributed by atoms with Crippen molar-refractivity contribution >= 4 is 15.7 Å². The van der Waals surface area contributed by atoms with Crippen LogP contribution >= 0.6 is 0 Å². The van der Waals surface area contributed by atoms with Gasteiger partial charge in [0, 0.05) is 13.1 Å². The van der Waals surface area contributed by atoms with Gasteiger partial charge >= 0.3 is 5.22 Å². The number of carbonyl (C=O) groups is 1. The minimum absolute atomic E-state index is 0.00602. The number of aromatic nitrogens is 2. The maximum absolute atomic E-state index is 12.5. The van der Waals surface area contributed by atoms with Crippen molar-refractivity contribution in [2.45, 2.75) is 30.6 Å². The molecule has 1 fully saturated rings. The van der Waals surface area contributed by atoms with E-state index < -0.39 is 32.8 Å². The van der Waals surface area contributed by atoms with E-state index in [-0.39, 0.29) is 12.5 Å².